The van der Waals surface area contributed by atoms with E-state index in [0.29, 0.717) is 23.8 Å². The van der Waals surface area contributed by atoms with E-state index in [0.717, 1.165) is 17.5 Å². The van der Waals surface area contributed by atoms with Crippen LogP contribution in [0.1, 0.15) is 23.1 Å². The van der Waals surface area contributed by atoms with Gasteiger partial charge in [0.2, 0.25) is 5.91 Å². The highest BCUT2D eigenvalue weighted by atomic mass is 35.5. The summed E-state index contributed by atoms with van der Waals surface area (Å²) in [6.45, 7) is 2.82. The van der Waals surface area contributed by atoms with Crippen LogP contribution in [-0.2, 0) is 17.8 Å². The number of amides is 3. The zero-order valence-corrected chi connectivity index (χ0v) is 17.0. The lowest BCUT2D eigenvalue weighted by Gasteiger charge is -2.33. The number of hydrogen-bond acceptors (Lipinski definition) is 2. The highest BCUT2D eigenvalue weighted by molar-refractivity contribution is 6.30. The fourth-order valence-corrected chi connectivity index (χ4v) is 4.32. The Morgan fingerprint density at radius 1 is 1.17 bits per heavy atom. The third kappa shape index (κ3) is 4.08. The molecule has 3 amide bonds. The number of urea groups is 1. The monoisotopic (exact) mass is 415 g/mol. The summed E-state index contributed by atoms with van der Waals surface area (Å²) in [6, 6.07) is 11.9. The number of aryl methyl sites for hydroxylation is 1. The number of carbonyl (C=O) groups is 2. The van der Waals surface area contributed by atoms with Gasteiger partial charge in [-0.2, -0.15) is 0 Å². The Kier molecular flexibility index (Phi) is 5.46. The summed E-state index contributed by atoms with van der Waals surface area (Å²) in [6.07, 6.45) is -0.411. The number of anilines is 1. The predicted molar refractivity (Wildman–Crippen MR) is 111 cm³/mol. The van der Waals surface area contributed by atoms with E-state index in [1.54, 1.807) is 23.1 Å². The largest absolute Gasteiger partial charge is 0.336 e. The van der Waals surface area contributed by atoms with Crippen LogP contribution in [0.5, 0.6) is 0 Å². The van der Waals surface area contributed by atoms with Gasteiger partial charge in [-0.05, 0) is 48.2 Å². The number of nitrogens with zero attached hydrogens (tertiary/aromatic N) is 2. The molecule has 1 fully saturated rings. The van der Waals surface area contributed by atoms with Gasteiger partial charge in [0.15, 0.2) is 0 Å². The molecule has 0 spiro atoms. The number of likely N-dealkylation sites (tertiary alicyclic amines) is 1. The van der Waals surface area contributed by atoms with Crippen LogP contribution in [0.2, 0.25) is 5.02 Å². The third-order valence-electron chi connectivity index (χ3n) is 5.67. The lowest BCUT2D eigenvalue weighted by molar-refractivity contribution is -0.136. The zero-order chi connectivity index (χ0) is 20.5. The Morgan fingerprint density at radius 3 is 2.69 bits per heavy atom. The van der Waals surface area contributed by atoms with Crippen molar-refractivity contribution >= 4 is 29.2 Å². The first-order chi connectivity index (χ1) is 13.9. The first-order valence-electron chi connectivity index (χ1n) is 9.76. The number of nitrogens with one attached hydrogen (secondary N) is 1. The van der Waals surface area contributed by atoms with E-state index in [4.69, 9.17) is 11.6 Å². The van der Waals surface area contributed by atoms with Gasteiger partial charge >= 0.3 is 6.03 Å². The van der Waals surface area contributed by atoms with E-state index in [-0.39, 0.29) is 18.9 Å². The molecule has 0 radical (unpaired) electrons. The van der Waals surface area contributed by atoms with Crippen molar-refractivity contribution < 1.29 is 14.0 Å². The summed E-state index contributed by atoms with van der Waals surface area (Å²) >= 11 is 5.96. The summed E-state index contributed by atoms with van der Waals surface area (Å²) in [5, 5.41) is 3.37. The predicted octanol–water partition coefficient (Wildman–Crippen LogP) is 4.18. The Bertz CT molecular complexity index is 951. The molecular weight excluding hydrogens is 393 g/mol. The number of fused-ring (bicyclic) bond motifs is 1. The van der Waals surface area contributed by atoms with E-state index < -0.39 is 18.2 Å². The molecule has 2 heterocycles. The summed E-state index contributed by atoms with van der Waals surface area (Å²) < 4.78 is 14.2. The molecular formula is C22H23ClFN3O2. The van der Waals surface area contributed by atoms with Crippen molar-refractivity contribution in [2.24, 2.45) is 0 Å². The topological polar surface area (TPSA) is 52.7 Å². The SMILES string of the molecule is Cc1cc(Cl)ccc1NC(=O)N1C[C@@H](F)C[C@H]1C(=O)N1CCc2ccccc2C1. The number of halogens is 2. The number of benzene rings is 2. The van der Waals surface area contributed by atoms with E-state index in [1.807, 2.05) is 25.1 Å². The molecule has 1 N–H and O–H groups in total. The lowest BCUT2D eigenvalue weighted by atomic mass is 9.99. The number of alkyl halides is 1. The molecule has 2 atom stereocenters. The molecule has 7 heteroatoms. The summed E-state index contributed by atoms with van der Waals surface area (Å²) in [4.78, 5) is 29.0. The van der Waals surface area contributed by atoms with Crippen molar-refractivity contribution in [3.8, 4) is 0 Å². The minimum Gasteiger partial charge on any atom is -0.336 e. The molecule has 0 aliphatic carbocycles. The maximum absolute atomic E-state index is 14.2. The van der Waals surface area contributed by atoms with Crippen LogP contribution in [0.4, 0.5) is 14.9 Å². The van der Waals surface area contributed by atoms with Crippen molar-refractivity contribution in [1.82, 2.24) is 9.80 Å². The average molecular weight is 416 g/mol. The van der Waals surface area contributed by atoms with Crippen LogP contribution in [-0.4, -0.2) is 47.0 Å². The quantitative estimate of drug-likeness (QED) is 0.800. The normalized spacial score (nSPS) is 21.1. The molecule has 0 aromatic heterocycles. The van der Waals surface area contributed by atoms with Crippen LogP contribution < -0.4 is 5.32 Å². The first kappa shape index (κ1) is 19.7. The van der Waals surface area contributed by atoms with Crippen LogP contribution >= 0.6 is 11.6 Å². The van der Waals surface area contributed by atoms with Crippen LogP contribution in [0.3, 0.4) is 0 Å². The molecule has 1 saturated heterocycles. The molecule has 2 aromatic rings. The van der Waals surface area contributed by atoms with Gasteiger partial charge in [0.05, 0.1) is 6.54 Å². The average Bonchev–Trinajstić information content (AvgIpc) is 3.11. The maximum atomic E-state index is 14.2. The number of hydrogen-bond donors (Lipinski definition) is 1. The fourth-order valence-electron chi connectivity index (χ4n) is 4.09. The zero-order valence-electron chi connectivity index (χ0n) is 16.2. The molecule has 2 aliphatic heterocycles. The van der Waals surface area contributed by atoms with Gasteiger partial charge in [0.25, 0.3) is 0 Å². The molecule has 4 rings (SSSR count). The standard InChI is InChI=1S/C22H23ClFN3O2/c1-14-10-17(23)6-7-19(14)25-22(29)27-13-18(24)11-20(27)21(28)26-9-8-15-4-2-3-5-16(15)12-26/h2-7,10,18,20H,8-9,11-13H2,1H3,(H,25,29)/t18-,20-/m0/s1. The second kappa shape index (κ2) is 8.03. The molecule has 29 heavy (non-hydrogen) atoms. The van der Waals surface area contributed by atoms with E-state index in [1.165, 1.54) is 10.5 Å². The van der Waals surface area contributed by atoms with Gasteiger partial charge in [-0.1, -0.05) is 35.9 Å². The second-order valence-corrected chi connectivity index (χ2v) is 8.11. The number of carbonyl (C=O) groups excluding carboxylic acids is 2. The fraction of sp³-hybridized carbons (Fsp3) is 0.364. The molecule has 2 aliphatic rings. The lowest BCUT2D eigenvalue weighted by Crippen LogP contribution is -2.50. The highest BCUT2D eigenvalue weighted by Crippen LogP contribution is 2.27. The number of rotatable bonds is 2. The van der Waals surface area contributed by atoms with Crippen molar-refractivity contribution in [1.29, 1.82) is 0 Å². The molecule has 0 bridgehead atoms. The van der Waals surface area contributed by atoms with E-state index in [9.17, 15) is 14.0 Å². The molecule has 0 saturated carbocycles. The summed E-state index contributed by atoms with van der Waals surface area (Å²) in [5.74, 6) is -0.192. The van der Waals surface area contributed by atoms with Gasteiger partial charge in [-0.3, -0.25) is 4.79 Å². The minimum absolute atomic E-state index is 0.0317. The Labute approximate surface area is 174 Å². The van der Waals surface area contributed by atoms with Crippen molar-refractivity contribution in [2.75, 3.05) is 18.4 Å². The first-order valence-corrected chi connectivity index (χ1v) is 10.1. The minimum atomic E-state index is -1.21. The maximum Gasteiger partial charge on any atom is 0.322 e. The van der Waals surface area contributed by atoms with E-state index in [2.05, 4.69) is 11.4 Å². The van der Waals surface area contributed by atoms with E-state index >= 15 is 0 Å². The Balaban J connectivity index is 1.49. The van der Waals surface area contributed by atoms with Crippen LogP contribution in [0.25, 0.3) is 0 Å². The third-order valence-corrected chi connectivity index (χ3v) is 5.90. The van der Waals surface area contributed by atoms with Gasteiger partial charge in [-0.15, -0.1) is 0 Å². The van der Waals surface area contributed by atoms with Gasteiger partial charge in [-0.25, -0.2) is 9.18 Å². The Hall–Kier alpha value is -2.60. The van der Waals surface area contributed by atoms with Crippen molar-refractivity contribution in [3.05, 3.63) is 64.2 Å². The van der Waals surface area contributed by atoms with Crippen molar-refractivity contribution in [3.63, 3.8) is 0 Å². The van der Waals surface area contributed by atoms with Gasteiger partial charge in [0, 0.05) is 30.2 Å². The van der Waals surface area contributed by atoms with Gasteiger partial charge in [0.1, 0.15) is 12.2 Å². The van der Waals surface area contributed by atoms with Crippen molar-refractivity contribution in [2.45, 2.75) is 38.5 Å². The molecule has 0 unspecified atom stereocenters. The molecule has 5 nitrogen and oxygen atoms in total. The van der Waals surface area contributed by atoms with Crippen LogP contribution in [0.15, 0.2) is 42.5 Å². The molecule has 152 valence electrons. The summed E-state index contributed by atoms with van der Waals surface area (Å²) in [7, 11) is 0. The van der Waals surface area contributed by atoms with Gasteiger partial charge < -0.3 is 15.1 Å². The van der Waals surface area contributed by atoms with Crippen LogP contribution in [0, 0.1) is 6.92 Å². The smallest absolute Gasteiger partial charge is 0.322 e. The summed E-state index contributed by atoms with van der Waals surface area (Å²) in [5.41, 5.74) is 3.74. The highest BCUT2D eigenvalue weighted by Gasteiger charge is 2.42. The second-order valence-electron chi connectivity index (χ2n) is 7.67. The Morgan fingerprint density at radius 2 is 1.93 bits per heavy atom. The molecule has 2 aromatic carbocycles.